The molecule has 2 heterocycles. The highest BCUT2D eigenvalue weighted by atomic mass is 32.1. The van der Waals surface area contributed by atoms with Gasteiger partial charge in [-0.3, -0.25) is 4.79 Å². The van der Waals surface area contributed by atoms with Crippen molar-refractivity contribution in [2.75, 3.05) is 45.7 Å². The predicted molar refractivity (Wildman–Crippen MR) is 83.1 cm³/mol. The molecule has 0 unspecified atom stereocenters. The second kappa shape index (κ2) is 6.54. The zero-order valence-electron chi connectivity index (χ0n) is 12.8. The standard InChI is InChI=1S/C14H24N4OS/c1-5-18-9-11(6-13(18)19)8-17(4)10-12-7-15-14(20-12)16(2)3/h7,11H,5-6,8-10H2,1-4H3/t11-/m0/s1. The first kappa shape index (κ1) is 15.3. The van der Waals surface area contributed by atoms with Crippen LogP contribution in [-0.4, -0.2) is 61.5 Å². The van der Waals surface area contributed by atoms with E-state index in [0.29, 0.717) is 18.2 Å². The summed E-state index contributed by atoms with van der Waals surface area (Å²) in [6, 6.07) is 0. The summed E-state index contributed by atoms with van der Waals surface area (Å²) in [6.45, 7) is 5.66. The molecule has 1 aliphatic heterocycles. The molecule has 1 fully saturated rings. The monoisotopic (exact) mass is 296 g/mol. The molecule has 1 aliphatic rings. The Morgan fingerprint density at radius 2 is 2.20 bits per heavy atom. The van der Waals surface area contributed by atoms with Gasteiger partial charge in [0.25, 0.3) is 0 Å². The van der Waals surface area contributed by atoms with Crippen molar-refractivity contribution in [1.29, 1.82) is 0 Å². The smallest absolute Gasteiger partial charge is 0.222 e. The highest BCUT2D eigenvalue weighted by molar-refractivity contribution is 7.15. The predicted octanol–water partition coefficient (Wildman–Crippen LogP) is 1.51. The van der Waals surface area contributed by atoms with Gasteiger partial charge < -0.3 is 14.7 Å². The molecule has 0 bridgehead atoms. The van der Waals surface area contributed by atoms with Crippen LogP contribution in [-0.2, 0) is 11.3 Å². The van der Waals surface area contributed by atoms with Gasteiger partial charge in [-0.1, -0.05) is 0 Å². The van der Waals surface area contributed by atoms with Crippen molar-refractivity contribution < 1.29 is 4.79 Å². The van der Waals surface area contributed by atoms with Crippen LogP contribution in [0.15, 0.2) is 6.20 Å². The Labute approximate surface area is 125 Å². The number of carbonyl (C=O) groups excluding carboxylic acids is 1. The summed E-state index contributed by atoms with van der Waals surface area (Å²) in [5.41, 5.74) is 0. The highest BCUT2D eigenvalue weighted by Gasteiger charge is 2.28. The van der Waals surface area contributed by atoms with Gasteiger partial charge in [-0.15, -0.1) is 11.3 Å². The van der Waals surface area contributed by atoms with Gasteiger partial charge in [-0.25, -0.2) is 4.98 Å². The summed E-state index contributed by atoms with van der Waals surface area (Å²) < 4.78 is 0. The van der Waals surface area contributed by atoms with Crippen LogP contribution < -0.4 is 4.90 Å². The molecule has 6 heteroatoms. The Bertz CT molecular complexity index is 460. The third-order valence-electron chi connectivity index (χ3n) is 3.60. The summed E-state index contributed by atoms with van der Waals surface area (Å²) >= 11 is 1.73. The minimum Gasteiger partial charge on any atom is -0.354 e. The maximum atomic E-state index is 11.7. The first-order chi connectivity index (χ1) is 9.49. The molecular weight excluding hydrogens is 272 g/mol. The van der Waals surface area contributed by atoms with Gasteiger partial charge in [0.15, 0.2) is 5.13 Å². The normalized spacial score (nSPS) is 19.1. The van der Waals surface area contributed by atoms with Gasteiger partial charge in [0.2, 0.25) is 5.91 Å². The molecule has 5 nitrogen and oxygen atoms in total. The lowest BCUT2D eigenvalue weighted by atomic mass is 10.1. The first-order valence-electron chi connectivity index (χ1n) is 7.08. The molecular formula is C14H24N4OS. The van der Waals surface area contributed by atoms with E-state index in [4.69, 9.17) is 0 Å². The number of thiazole rings is 1. The van der Waals surface area contributed by atoms with Crippen LogP contribution in [0.3, 0.4) is 0 Å². The second-order valence-corrected chi connectivity index (χ2v) is 6.80. The number of amides is 1. The van der Waals surface area contributed by atoms with Crippen LogP contribution in [0.1, 0.15) is 18.2 Å². The number of aromatic nitrogens is 1. The van der Waals surface area contributed by atoms with Crippen LogP contribution in [0.2, 0.25) is 0 Å². The molecule has 1 atom stereocenters. The van der Waals surface area contributed by atoms with E-state index in [9.17, 15) is 4.79 Å². The third kappa shape index (κ3) is 3.70. The van der Waals surface area contributed by atoms with E-state index in [1.807, 2.05) is 37.0 Å². The lowest BCUT2D eigenvalue weighted by Gasteiger charge is -2.20. The number of hydrogen-bond donors (Lipinski definition) is 0. The highest BCUT2D eigenvalue weighted by Crippen LogP contribution is 2.23. The summed E-state index contributed by atoms with van der Waals surface area (Å²) in [5.74, 6) is 0.771. The van der Waals surface area contributed by atoms with Crippen molar-refractivity contribution in [3.8, 4) is 0 Å². The Morgan fingerprint density at radius 1 is 1.45 bits per heavy atom. The van der Waals surface area contributed by atoms with E-state index in [1.165, 1.54) is 4.88 Å². The van der Waals surface area contributed by atoms with E-state index in [2.05, 4.69) is 16.9 Å². The zero-order chi connectivity index (χ0) is 14.7. The SMILES string of the molecule is CCN1C[C@H](CN(C)Cc2cnc(N(C)C)s2)CC1=O. The summed E-state index contributed by atoms with van der Waals surface area (Å²) in [7, 11) is 6.14. The summed E-state index contributed by atoms with van der Waals surface area (Å²) in [5, 5.41) is 1.04. The minimum atomic E-state index is 0.304. The molecule has 0 N–H and O–H groups in total. The Hall–Kier alpha value is -1.14. The van der Waals surface area contributed by atoms with Gasteiger partial charge in [0.05, 0.1) is 0 Å². The van der Waals surface area contributed by atoms with Gasteiger partial charge >= 0.3 is 0 Å². The Morgan fingerprint density at radius 3 is 2.75 bits per heavy atom. The van der Waals surface area contributed by atoms with E-state index in [0.717, 1.165) is 31.3 Å². The fourth-order valence-corrected chi connectivity index (χ4v) is 3.54. The number of nitrogens with zero attached hydrogens (tertiary/aromatic N) is 4. The zero-order valence-corrected chi connectivity index (χ0v) is 13.6. The van der Waals surface area contributed by atoms with Gasteiger partial charge in [0, 0.05) is 57.8 Å². The van der Waals surface area contributed by atoms with Crippen molar-refractivity contribution in [3.05, 3.63) is 11.1 Å². The number of rotatable bonds is 6. The molecule has 0 spiro atoms. The number of anilines is 1. The summed E-state index contributed by atoms with van der Waals surface area (Å²) in [4.78, 5) is 23.7. The molecule has 0 saturated carbocycles. The fraction of sp³-hybridized carbons (Fsp3) is 0.714. The lowest BCUT2D eigenvalue weighted by molar-refractivity contribution is -0.127. The summed E-state index contributed by atoms with van der Waals surface area (Å²) in [6.07, 6.45) is 2.65. The largest absolute Gasteiger partial charge is 0.354 e. The second-order valence-electron chi connectivity index (χ2n) is 5.70. The molecule has 1 amide bonds. The van der Waals surface area contributed by atoms with Crippen LogP contribution in [0.5, 0.6) is 0 Å². The lowest BCUT2D eigenvalue weighted by Crippen LogP contribution is -2.28. The van der Waals surface area contributed by atoms with Crippen LogP contribution >= 0.6 is 11.3 Å². The van der Waals surface area contributed by atoms with E-state index < -0.39 is 0 Å². The Kier molecular flexibility index (Phi) is 4.99. The number of carbonyl (C=O) groups is 1. The molecule has 1 aromatic heterocycles. The average molecular weight is 296 g/mol. The quantitative estimate of drug-likeness (QED) is 0.798. The third-order valence-corrected chi connectivity index (χ3v) is 4.75. The molecule has 112 valence electrons. The van der Waals surface area contributed by atoms with Crippen LogP contribution in [0, 0.1) is 5.92 Å². The average Bonchev–Trinajstić information content (AvgIpc) is 2.96. The molecule has 20 heavy (non-hydrogen) atoms. The van der Waals surface area contributed by atoms with Crippen molar-refractivity contribution in [2.45, 2.75) is 19.9 Å². The molecule has 0 radical (unpaired) electrons. The van der Waals surface area contributed by atoms with Crippen molar-refractivity contribution >= 4 is 22.4 Å². The topological polar surface area (TPSA) is 39.7 Å². The minimum absolute atomic E-state index is 0.304. The van der Waals surface area contributed by atoms with E-state index in [-0.39, 0.29) is 0 Å². The maximum Gasteiger partial charge on any atom is 0.222 e. The Balaban J connectivity index is 1.83. The molecule has 1 saturated heterocycles. The van der Waals surface area contributed by atoms with Gasteiger partial charge in [-0.2, -0.15) is 0 Å². The molecule has 0 aromatic carbocycles. The molecule has 0 aliphatic carbocycles. The molecule has 1 aromatic rings. The van der Waals surface area contributed by atoms with Crippen LogP contribution in [0.4, 0.5) is 5.13 Å². The van der Waals surface area contributed by atoms with Crippen molar-refractivity contribution in [2.24, 2.45) is 5.92 Å². The number of hydrogen-bond acceptors (Lipinski definition) is 5. The van der Waals surface area contributed by atoms with Crippen molar-refractivity contribution in [3.63, 3.8) is 0 Å². The maximum absolute atomic E-state index is 11.7. The van der Waals surface area contributed by atoms with E-state index >= 15 is 0 Å². The fourth-order valence-electron chi connectivity index (χ4n) is 2.63. The number of likely N-dealkylation sites (tertiary alicyclic amines) is 1. The van der Waals surface area contributed by atoms with E-state index in [1.54, 1.807) is 11.3 Å². The van der Waals surface area contributed by atoms with Gasteiger partial charge in [0.1, 0.15) is 0 Å². The van der Waals surface area contributed by atoms with Crippen molar-refractivity contribution in [1.82, 2.24) is 14.8 Å². The molecule has 2 rings (SSSR count). The van der Waals surface area contributed by atoms with Crippen LogP contribution in [0.25, 0.3) is 0 Å². The first-order valence-corrected chi connectivity index (χ1v) is 7.89. The van der Waals surface area contributed by atoms with Gasteiger partial charge in [-0.05, 0) is 19.9 Å².